The predicted molar refractivity (Wildman–Crippen MR) is 123 cm³/mol. The van der Waals surface area contributed by atoms with Crippen LogP contribution in [-0.4, -0.2) is 36.6 Å². The molecule has 166 valence electrons. The Bertz CT molecular complexity index is 938. The standard InChI is InChI=1S/C25H31ClN2O3/c1-25(2)15-22(20-14-19(30-3)8-9-23(20)31-25)27-24(29)17-10-12-28(13-11-17)16-18-6-4-5-7-21(18)26/h4-9,14,17,22H,10-13,15-16H2,1-3H3,(H,27,29)/t22-/m1/s1. The fourth-order valence-electron chi connectivity index (χ4n) is 4.60. The predicted octanol–water partition coefficient (Wildman–Crippen LogP) is 4.98. The van der Waals surface area contributed by atoms with Crippen molar-refractivity contribution in [3.05, 3.63) is 58.6 Å². The molecule has 0 bridgehead atoms. The average Bonchev–Trinajstić information content (AvgIpc) is 2.75. The number of ether oxygens (including phenoxy) is 2. The number of hydrogen-bond donors (Lipinski definition) is 1. The van der Waals surface area contributed by atoms with E-state index in [1.165, 1.54) is 0 Å². The zero-order chi connectivity index (χ0) is 22.0. The number of amides is 1. The first-order valence-electron chi connectivity index (χ1n) is 11.0. The Labute approximate surface area is 189 Å². The van der Waals surface area contributed by atoms with Crippen LogP contribution in [0.15, 0.2) is 42.5 Å². The molecule has 0 spiro atoms. The summed E-state index contributed by atoms with van der Waals surface area (Å²) in [5.41, 5.74) is 1.79. The summed E-state index contributed by atoms with van der Waals surface area (Å²) in [6.45, 7) is 6.74. The van der Waals surface area contributed by atoms with Crippen molar-refractivity contribution >= 4 is 17.5 Å². The van der Waals surface area contributed by atoms with E-state index in [1.54, 1.807) is 7.11 Å². The quantitative estimate of drug-likeness (QED) is 0.709. The number of halogens is 1. The van der Waals surface area contributed by atoms with Gasteiger partial charge in [-0.1, -0.05) is 29.8 Å². The fraction of sp³-hybridized carbons (Fsp3) is 0.480. The summed E-state index contributed by atoms with van der Waals surface area (Å²) >= 11 is 6.31. The second-order valence-electron chi connectivity index (χ2n) is 9.17. The lowest BCUT2D eigenvalue weighted by Crippen LogP contribution is -2.45. The molecule has 6 heteroatoms. The Morgan fingerprint density at radius 3 is 2.68 bits per heavy atom. The molecular weight excluding hydrogens is 412 g/mol. The first kappa shape index (κ1) is 22.0. The largest absolute Gasteiger partial charge is 0.497 e. The van der Waals surface area contributed by atoms with Crippen LogP contribution in [0.3, 0.4) is 0 Å². The number of rotatable bonds is 5. The zero-order valence-electron chi connectivity index (χ0n) is 18.5. The molecule has 0 radical (unpaired) electrons. The van der Waals surface area contributed by atoms with E-state index >= 15 is 0 Å². The van der Waals surface area contributed by atoms with Crippen LogP contribution in [-0.2, 0) is 11.3 Å². The van der Waals surface area contributed by atoms with Crippen LogP contribution in [0.1, 0.15) is 50.3 Å². The van der Waals surface area contributed by atoms with Gasteiger partial charge in [-0.15, -0.1) is 0 Å². The molecule has 0 unspecified atom stereocenters. The summed E-state index contributed by atoms with van der Waals surface area (Å²) < 4.78 is 11.5. The topological polar surface area (TPSA) is 50.8 Å². The molecule has 31 heavy (non-hydrogen) atoms. The minimum atomic E-state index is -0.335. The first-order valence-corrected chi connectivity index (χ1v) is 11.4. The molecule has 0 aromatic heterocycles. The second-order valence-corrected chi connectivity index (χ2v) is 9.58. The van der Waals surface area contributed by atoms with E-state index in [0.717, 1.165) is 66.5 Å². The average molecular weight is 443 g/mol. The number of benzene rings is 2. The zero-order valence-corrected chi connectivity index (χ0v) is 19.2. The summed E-state index contributed by atoms with van der Waals surface area (Å²) in [5.74, 6) is 1.75. The molecule has 1 atom stereocenters. The highest BCUT2D eigenvalue weighted by Gasteiger charge is 2.36. The summed E-state index contributed by atoms with van der Waals surface area (Å²) in [6.07, 6.45) is 2.44. The van der Waals surface area contributed by atoms with Gasteiger partial charge in [0, 0.05) is 29.5 Å². The van der Waals surface area contributed by atoms with Gasteiger partial charge in [0.25, 0.3) is 0 Å². The molecule has 1 saturated heterocycles. The highest BCUT2D eigenvalue weighted by Crippen LogP contribution is 2.41. The third-order valence-electron chi connectivity index (χ3n) is 6.30. The van der Waals surface area contributed by atoms with Crippen molar-refractivity contribution in [1.82, 2.24) is 10.2 Å². The van der Waals surface area contributed by atoms with Gasteiger partial charge in [-0.25, -0.2) is 0 Å². The van der Waals surface area contributed by atoms with Gasteiger partial charge in [0.2, 0.25) is 5.91 Å². The van der Waals surface area contributed by atoms with E-state index < -0.39 is 0 Å². The smallest absolute Gasteiger partial charge is 0.223 e. The Hall–Kier alpha value is -2.24. The molecule has 2 aliphatic heterocycles. The van der Waals surface area contributed by atoms with Crippen molar-refractivity contribution in [3.63, 3.8) is 0 Å². The van der Waals surface area contributed by atoms with E-state index in [9.17, 15) is 4.79 Å². The van der Waals surface area contributed by atoms with E-state index in [2.05, 4.69) is 30.1 Å². The van der Waals surface area contributed by atoms with E-state index in [1.807, 2.05) is 36.4 Å². The molecule has 2 aromatic carbocycles. The maximum Gasteiger partial charge on any atom is 0.223 e. The number of carbonyl (C=O) groups excluding carboxylic acids is 1. The van der Waals surface area contributed by atoms with Gasteiger partial charge >= 0.3 is 0 Å². The van der Waals surface area contributed by atoms with Gasteiger partial charge in [0.15, 0.2) is 0 Å². The van der Waals surface area contributed by atoms with Crippen molar-refractivity contribution in [2.45, 2.75) is 51.3 Å². The number of nitrogens with zero attached hydrogens (tertiary/aromatic N) is 1. The van der Waals surface area contributed by atoms with Crippen LogP contribution in [0, 0.1) is 5.92 Å². The molecule has 0 saturated carbocycles. The van der Waals surface area contributed by atoms with Gasteiger partial charge in [0.05, 0.1) is 13.2 Å². The van der Waals surface area contributed by atoms with E-state index in [4.69, 9.17) is 21.1 Å². The SMILES string of the molecule is COc1ccc2c(c1)[C@H](NC(=O)C1CCN(Cc3ccccc3Cl)CC1)CC(C)(C)O2. The number of carbonyl (C=O) groups is 1. The number of piperidine rings is 1. The lowest BCUT2D eigenvalue weighted by atomic mass is 9.88. The van der Waals surface area contributed by atoms with Crippen molar-refractivity contribution in [2.75, 3.05) is 20.2 Å². The molecule has 2 heterocycles. The normalized spacial score (nSPS) is 21.1. The molecule has 0 aliphatic carbocycles. The van der Waals surface area contributed by atoms with Crippen LogP contribution in [0.25, 0.3) is 0 Å². The molecule has 1 fully saturated rings. The number of methoxy groups -OCH3 is 1. The van der Waals surface area contributed by atoms with Gasteiger partial charge in [0.1, 0.15) is 17.1 Å². The Kier molecular flexibility index (Phi) is 6.44. The summed E-state index contributed by atoms with van der Waals surface area (Å²) in [7, 11) is 1.65. The van der Waals surface area contributed by atoms with E-state index in [0.29, 0.717) is 0 Å². The molecule has 5 nitrogen and oxygen atoms in total. The number of fused-ring (bicyclic) bond motifs is 1. The molecule has 1 N–H and O–H groups in total. The molecule has 1 amide bonds. The highest BCUT2D eigenvalue weighted by molar-refractivity contribution is 6.31. The van der Waals surface area contributed by atoms with Crippen LogP contribution < -0.4 is 14.8 Å². The number of likely N-dealkylation sites (tertiary alicyclic amines) is 1. The monoisotopic (exact) mass is 442 g/mol. The molecule has 2 aliphatic rings. The first-order chi connectivity index (χ1) is 14.8. The van der Waals surface area contributed by atoms with Gasteiger partial charge in [-0.2, -0.15) is 0 Å². The minimum absolute atomic E-state index is 0.0301. The third kappa shape index (κ3) is 5.16. The van der Waals surface area contributed by atoms with Gasteiger partial charge in [-0.05, 0) is 69.6 Å². The Balaban J connectivity index is 1.38. The maximum atomic E-state index is 13.1. The van der Waals surface area contributed by atoms with Crippen molar-refractivity contribution in [3.8, 4) is 11.5 Å². The van der Waals surface area contributed by atoms with Crippen LogP contribution in [0.5, 0.6) is 11.5 Å². The molecule has 4 rings (SSSR count). The number of nitrogens with one attached hydrogen (secondary N) is 1. The molecular formula is C25H31ClN2O3. The highest BCUT2D eigenvalue weighted by atomic mass is 35.5. The Morgan fingerprint density at radius 2 is 1.97 bits per heavy atom. The van der Waals surface area contributed by atoms with Crippen LogP contribution in [0.4, 0.5) is 0 Å². The van der Waals surface area contributed by atoms with Gasteiger partial charge < -0.3 is 14.8 Å². The molecule has 2 aromatic rings. The fourth-order valence-corrected chi connectivity index (χ4v) is 4.79. The summed E-state index contributed by atoms with van der Waals surface area (Å²) in [5, 5.41) is 4.12. The van der Waals surface area contributed by atoms with E-state index in [-0.39, 0.29) is 23.5 Å². The minimum Gasteiger partial charge on any atom is -0.497 e. The second kappa shape index (κ2) is 9.09. The number of hydrogen-bond acceptors (Lipinski definition) is 4. The maximum absolute atomic E-state index is 13.1. The van der Waals surface area contributed by atoms with Crippen LogP contribution >= 0.6 is 11.6 Å². The lowest BCUT2D eigenvalue weighted by Gasteiger charge is -2.39. The third-order valence-corrected chi connectivity index (χ3v) is 6.67. The Morgan fingerprint density at radius 1 is 1.23 bits per heavy atom. The van der Waals surface area contributed by atoms with Crippen molar-refractivity contribution in [2.24, 2.45) is 5.92 Å². The summed E-state index contributed by atoms with van der Waals surface area (Å²) in [6, 6.07) is 13.7. The van der Waals surface area contributed by atoms with Gasteiger partial charge in [-0.3, -0.25) is 9.69 Å². The lowest BCUT2D eigenvalue weighted by molar-refractivity contribution is -0.127. The van der Waals surface area contributed by atoms with Crippen LogP contribution in [0.2, 0.25) is 5.02 Å². The van der Waals surface area contributed by atoms with Crippen molar-refractivity contribution in [1.29, 1.82) is 0 Å². The van der Waals surface area contributed by atoms with Crippen molar-refractivity contribution < 1.29 is 14.3 Å². The summed E-state index contributed by atoms with van der Waals surface area (Å²) in [4.78, 5) is 15.5.